The summed E-state index contributed by atoms with van der Waals surface area (Å²) in [6.07, 6.45) is 0.704. The highest BCUT2D eigenvalue weighted by Gasteiger charge is 2.32. The van der Waals surface area contributed by atoms with E-state index >= 15 is 0 Å². The Balaban J connectivity index is 1.80. The van der Waals surface area contributed by atoms with Gasteiger partial charge in [-0.15, -0.1) is 0 Å². The maximum atomic E-state index is 12.7. The highest BCUT2D eigenvalue weighted by molar-refractivity contribution is 7.92. The van der Waals surface area contributed by atoms with Crippen molar-refractivity contribution in [1.82, 2.24) is 0 Å². The van der Waals surface area contributed by atoms with Crippen molar-refractivity contribution < 1.29 is 17.9 Å². The lowest BCUT2D eigenvalue weighted by Crippen LogP contribution is -2.38. The van der Waals surface area contributed by atoms with Gasteiger partial charge in [0.2, 0.25) is 5.91 Å². The molecule has 150 valence electrons. The average molecular weight is 403 g/mol. The van der Waals surface area contributed by atoms with E-state index in [-0.39, 0.29) is 10.8 Å². The van der Waals surface area contributed by atoms with Gasteiger partial charge in [0.15, 0.2) is 0 Å². The fourth-order valence-electron chi connectivity index (χ4n) is 3.18. The molecule has 0 aromatic heterocycles. The van der Waals surface area contributed by atoms with Gasteiger partial charge in [-0.25, -0.2) is 8.42 Å². The SMILES string of the molecule is CCOc1ccc(S(=O)(=O)Nc2ccc3c(c2)CCN3C(=O)C(C)(C)C)cc1. The summed E-state index contributed by atoms with van der Waals surface area (Å²) in [5.74, 6) is 0.691. The zero-order valence-electron chi connectivity index (χ0n) is 16.7. The summed E-state index contributed by atoms with van der Waals surface area (Å²) in [4.78, 5) is 14.6. The molecule has 2 aromatic carbocycles. The lowest BCUT2D eigenvalue weighted by Gasteiger charge is -2.26. The number of ether oxygens (including phenoxy) is 1. The van der Waals surface area contributed by atoms with Crippen LogP contribution in [-0.4, -0.2) is 27.5 Å². The van der Waals surface area contributed by atoms with Crippen LogP contribution < -0.4 is 14.4 Å². The first-order valence-electron chi connectivity index (χ1n) is 9.32. The monoisotopic (exact) mass is 402 g/mol. The molecular formula is C21H26N2O4S. The van der Waals surface area contributed by atoms with Crippen LogP contribution in [-0.2, 0) is 21.2 Å². The molecule has 0 atom stereocenters. The first-order valence-corrected chi connectivity index (χ1v) is 10.8. The minimum atomic E-state index is -3.70. The standard InChI is InChI=1S/C21H26N2O4S/c1-5-27-17-7-9-18(10-8-17)28(25,26)22-16-6-11-19-15(14-16)12-13-23(19)20(24)21(2,3)4/h6-11,14,22H,5,12-13H2,1-4H3. The minimum absolute atomic E-state index is 0.0639. The van der Waals surface area contributed by atoms with E-state index in [4.69, 9.17) is 4.74 Å². The molecule has 1 heterocycles. The Kier molecular flexibility index (Phi) is 5.39. The normalized spacial score (nSPS) is 13.9. The van der Waals surface area contributed by atoms with E-state index in [0.29, 0.717) is 31.0 Å². The molecule has 1 aliphatic rings. The van der Waals surface area contributed by atoms with E-state index in [9.17, 15) is 13.2 Å². The molecule has 0 fully saturated rings. The number of carbonyl (C=O) groups is 1. The Hall–Kier alpha value is -2.54. The van der Waals surface area contributed by atoms with Gasteiger partial charge in [-0.3, -0.25) is 9.52 Å². The Morgan fingerprint density at radius 3 is 2.43 bits per heavy atom. The van der Waals surface area contributed by atoms with Gasteiger partial charge in [0.25, 0.3) is 10.0 Å². The zero-order chi connectivity index (χ0) is 20.5. The predicted octanol–water partition coefficient (Wildman–Crippen LogP) is 3.82. The molecule has 0 saturated heterocycles. The topological polar surface area (TPSA) is 75.7 Å². The van der Waals surface area contributed by atoms with E-state index in [1.807, 2.05) is 33.8 Å². The van der Waals surface area contributed by atoms with Gasteiger partial charge in [-0.05, 0) is 61.4 Å². The lowest BCUT2D eigenvalue weighted by molar-refractivity contribution is -0.125. The van der Waals surface area contributed by atoms with Gasteiger partial charge in [0.1, 0.15) is 5.75 Å². The number of carbonyl (C=O) groups excluding carboxylic acids is 1. The van der Waals surface area contributed by atoms with Crippen molar-refractivity contribution in [2.45, 2.75) is 39.0 Å². The molecule has 1 amide bonds. The molecule has 6 nitrogen and oxygen atoms in total. The summed E-state index contributed by atoms with van der Waals surface area (Å²) in [5.41, 5.74) is 1.83. The molecule has 0 radical (unpaired) electrons. The highest BCUT2D eigenvalue weighted by atomic mass is 32.2. The van der Waals surface area contributed by atoms with E-state index < -0.39 is 15.4 Å². The van der Waals surface area contributed by atoms with Crippen LogP contribution in [0.25, 0.3) is 0 Å². The van der Waals surface area contributed by atoms with Crippen molar-refractivity contribution in [2.75, 3.05) is 22.8 Å². The van der Waals surface area contributed by atoms with Crippen molar-refractivity contribution in [3.8, 4) is 5.75 Å². The molecule has 3 rings (SSSR count). The Morgan fingerprint density at radius 1 is 1.14 bits per heavy atom. The van der Waals surface area contributed by atoms with Crippen LogP contribution in [0.5, 0.6) is 5.75 Å². The smallest absolute Gasteiger partial charge is 0.261 e. The van der Waals surface area contributed by atoms with Gasteiger partial charge in [-0.1, -0.05) is 20.8 Å². The number of amides is 1. The third kappa shape index (κ3) is 4.14. The number of benzene rings is 2. The third-order valence-corrected chi connectivity index (χ3v) is 5.96. The van der Waals surface area contributed by atoms with Crippen molar-refractivity contribution in [3.05, 3.63) is 48.0 Å². The van der Waals surface area contributed by atoms with Crippen molar-refractivity contribution in [1.29, 1.82) is 0 Å². The van der Waals surface area contributed by atoms with Crippen LogP contribution >= 0.6 is 0 Å². The fraction of sp³-hybridized carbons (Fsp3) is 0.381. The third-order valence-electron chi connectivity index (χ3n) is 4.56. The molecular weight excluding hydrogens is 376 g/mol. The number of hydrogen-bond acceptors (Lipinski definition) is 4. The van der Waals surface area contributed by atoms with Crippen LogP contribution in [0.2, 0.25) is 0 Å². The van der Waals surface area contributed by atoms with Crippen LogP contribution in [0.1, 0.15) is 33.3 Å². The first kappa shape index (κ1) is 20.2. The number of rotatable bonds is 5. The Morgan fingerprint density at radius 2 is 1.82 bits per heavy atom. The summed E-state index contributed by atoms with van der Waals surface area (Å²) in [5, 5.41) is 0. The molecule has 0 saturated carbocycles. The van der Waals surface area contributed by atoms with Crippen molar-refractivity contribution >= 4 is 27.3 Å². The van der Waals surface area contributed by atoms with Crippen LogP contribution in [0.3, 0.4) is 0 Å². The second-order valence-electron chi connectivity index (χ2n) is 7.81. The number of sulfonamides is 1. The molecule has 7 heteroatoms. The highest BCUT2D eigenvalue weighted by Crippen LogP contribution is 2.34. The number of nitrogens with one attached hydrogen (secondary N) is 1. The second kappa shape index (κ2) is 7.47. The maximum Gasteiger partial charge on any atom is 0.261 e. The Bertz CT molecular complexity index is 976. The van der Waals surface area contributed by atoms with E-state index in [1.54, 1.807) is 29.2 Å². The maximum absolute atomic E-state index is 12.7. The van der Waals surface area contributed by atoms with Gasteiger partial charge in [0, 0.05) is 23.3 Å². The summed E-state index contributed by atoms with van der Waals surface area (Å²) in [7, 11) is -3.70. The summed E-state index contributed by atoms with van der Waals surface area (Å²) in [6, 6.07) is 11.6. The summed E-state index contributed by atoms with van der Waals surface area (Å²) >= 11 is 0. The predicted molar refractivity (Wildman–Crippen MR) is 110 cm³/mol. The molecule has 0 spiro atoms. The molecule has 28 heavy (non-hydrogen) atoms. The molecule has 1 N–H and O–H groups in total. The second-order valence-corrected chi connectivity index (χ2v) is 9.49. The van der Waals surface area contributed by atoms with E-state index in [1.165, 1.54) is 12.1 Å². The minimum Gasteiger partial charge on any atom is -0.494 e. The average Bonchev–Trinajstić information content (AvgIpc) is 3.03. The number of fused-ring (bicyclic) bond motifs is 1. The van der Waals surface area contributed by atoms with Crippen molar-refractivity contribution in [3.63, 3.8) is 0 Å². The Labute approximate surface area is 166 Å². The van der Waals surface area contributed by atoms with E-state index in [2.05, 4.69) is 4.72 Å². The van der Waals surface area contributed by atoms with E-state index in [0.717, 1.165) is 11.3 Å². The van der Waals surface area contributed by atoms with Crippen LogP contribution in [0, 0.1) is 5.41 Å². The van der Waals surface area contributed by atoms with Gasteiger partial charge in [-0.2, -0.15) is 0 Å². The molecule has 2 aromatic rings. The van der Waals surface area contributed by atoms with Gasteiger partial charge >= 0.3 is 0 Å². The van der Waals surface area contributed by atoms with Gasteiger partial charge < -0.3 is 9.64 Å². The quantitative estimate of drug-likeness (QED) is 0.825. The fourth-order valence-corrected chi connectivity index (χ4v) is 4.23. The first-order chi connectivity index (χ1) is 13.1. The number of nitrogens with zero attached hydrogens (tertiary/aromatic N) is 1. The number of anilines is 2. The van der Waals surface area contributed by atoms with Crippen LogP contribution in [0.4, 0.5) is 11.4 Å². The molecule has 1 aliphatic heterocycles. The summed E-state index contributed by atoms with van der Waals surface area (Å²) in [6.45, 7) is 8.69. The number of hydrogen-bond donors (Lipinski definition) is 1. The molecule has 0 bridgehead atoms. The summed E-state index contributed by atoms with van der Waals surface area (Å²) < 4.78 is 33.3. The molecule has 0 unspecified atom stereocenters. The molecule has 0 aliphatic carbocycles. The van der Waals surface area contributed by atoms with Crippen molar-refractivity contribution in [2.24, 2.45) is 5.41 Å². The lowest BCUT2D eigenvalue weighted by atomic mass is 9.94. The largest absolute Gasteiger partial charge is 0.494 e. The van der Waals surface area contributed by atoms with Gasteiger partial charge in [0.05, 0.1) is 11.5 Å². The zero-order valence-corrected chi connectivity index (χ0v) is 17.5. The van der Waals surface area contributed by atoms with Crippen LogP contribution in [0.15, 0.2) is 47.4 Å².